The third kappa shape index (κ3) is 4.71. The van der Waals surface area contributed by atoms with Crippen molar-refractivity contribution in [2.75, 3.05) is 17.7 Å². The quantitative estimate of drug-likeness (QED) is 0.650. The fourth-order valence-electron chi connectivity index (χ4n) is 2.32. The molecule has 0 aliphatic rings. The summed E-state index contributed by atoms with van der Waals surface area (Å²) < 4.78 is 7.07. The first-order chi connectivity index (χ1) is 12.1. The lowest BCUT2D eigenvalue weighted by molar-refractivity contribution is 0.414. The van der Waals surface area contributed by atoms with E-state index in [-0.39, 0.29) is 0 Å². The SMILES string of the molecule is COc1cccc(Cn2cc(NC(=S)Nc3ccccc3Cl)cn2)c1. The Hall–Kier alpha value is -2.57. The lowest BCUT2D eigenvalue weighted by atomic mass is 10.2. The summed E-state index contributed by atoms with van der Waals surface area (Å²) in [6.45, 7) is 0.642. The molecule has 3 rings (SSSR count). The number of hydrogen-bond donors (Lipinski definition) is 2. The first-order valence-electron chi connectivity index (χ1n) is 7.62. The van der Waals surface area contributed by atoms with Crippen LogP contribution in [0.5, 0.6) is 5.75 Å². The van der Waals surface area contributed by atoms with E-state index in [1.165, 1.54) is 0 Å². The number of methoxy groups -OCH3 is 1. The number of aromatic nitrogens is 2. The summed E-state index contributed by atoms with van der Waals surface area (Å²) in [6.07, 6.45) is 3.61. The normalized spacial score (nSPS) is 10.3. The number of benzene rings is 2. The molecule has 5 nitrogen and oxygen atoms in total. The molecular weight excluding hydrogens is 356 g/mol. The van der Waals surface area contributed by atoms with Gasteiger partial charge in [-0.15, -0.1) is 0 Å². The minimum absolute atomic E-state index is 0.453. The van der Waals surface area contributed by atoms with Crippen LogP contribution in [-0.4, -0.2) is 22.0 Å². The molecule has 2 aromatic carbocycles. The van der Waals surface area contributed by atoms with E-state index in [0.29, 0.717) is 16.7 Å². The van der Waals surface area contributed by atoms with Crippen molar-refractivity contribution in [3.63, 3.8) is 0 Å². The van der Waals surface area contributed by atoms with Gasteiger partial charge in [0.05, 0.1) is 36.2 Å². The molecule has 0 fully saturated rings. The Balaban J connectivity index is 1.61. The highest BCUT2D eigenvalue weighted by atomic mass is 35.5. The van der Waals surface area contributed by atoms with Crippen LogP contribution in [0.25, 0.3) is 0 Å². The van der Waals surface area contributed by atoms with Crippen LogP contribution in [0, 0.1) is 0 Å². The van der Waals surface area contributed by atoms with Crippen LogP contribution in [-0.2, 0) is 6.54 Å². The molecular formula is C18H17ClN4OS. The molecule has 0 spiro atoms. The van der Waals surface area contributed by atoms with E-state index >= 15 is 0 Å². The molecule has 25 heavy (non-hydrogen) atoms. The van der Waals surface area contributed by atoms with Gasteiger partial charge in [0, 0.05) is 6.20 Å². The number of nitrogens with one attached hydrogen (secondary N) is 2. The Kier molecular flexibility index (Phi) is 5.53. The van der Waals surface area contributed by atoms with Gasteiger partial charge in [-0.05, 0) is 42.0 Å². The minimum atomic E-state index is 0.453. The summed E-state index contributed by atoms with van der Waals surface area (Å²) >= 11 is 11.4. The number of rotatable bonds is 5. The molecule has 0 amide bonds. The zero-order valence-electron chi connectivity index (χ0n) is 13.6. The van der Waals surface area contributed by atoms with Crippen molar-refractivity contribution >= 4 is 40.3 Å². The van der Waals surface area contributed by atoms with E-state index in [9.17, 15) is 0 Å². The second kappa shape index (κ2) is 8.00. The van der Waals surface area contributed by atoms with Crippen LogP contribution >= 0.6 is 23.8 Å². The van der Waals surface area contributed by atoms with Crippen molar-refractivity contribution in [1.29, 1.82) is 0 Å². The van der Waals surface area contributed by atoms with Crippen molar-refractivity contribution in [1.82, 2.24) is 9.78 Å². The van der Waals surface area contributed by atoms with Gasteiger partial charge >= 0.3 is 0 Å². The number of thiocarbonyl (C=S) groups is 1. The van der Waals surface area contributed by atoms with Crippen LogP contribution < -0.4 is 15.4 Å². The maximum atomic E-state index is 6.11. The topological polar surface area (TPSA) is 51.1 Å². The van der Waals surface area contributed by atoms with E-state index in [0.717, 1.165) is 22.7 Å². The van der Waals surface area contributed by atoms with Gasteiger partial charge in [0.1, 0.15) is 5.75 Å². The van der Waals surface area contributed by atoms with E-state index in [4.69, 9.17) is 28.6 Å². The zero-order valence-corrected chi connectivity index (χ0v) is 15.1. The summed E-state index contributed by atoms with van der Waals surface area (Å²) in [4.78, 5) is 0. The second-order valence-corrected chi connectivity index (χ2v) is 6.15. The Morgan fingerprint density at radius 2 is 2.04 bits per heavy atom. The molecule has 2 N–H and O–H groups in total. The summed E-state index contributed by atoms with van der Waals surface area (Å²) in [5.74, 6) is 0.827. The van der Waals surface area contributed by atoms with E-state index in [1.807, 2.05) is 53.3 Å². The smallest absolute Gasteiger partial charge is 0.175 e. The molecule has 0 saturated heterocycles. The van der Waals surface area contributed by atoms with Gasteiger partial charge in [-0.1, -0.05) is 35.9 Å². The fourth-order valence-corrected chi connectivity index (χ4v) is 2.73. The molecule has 0 aliphatic carbocycles. The molecule has 128 valence electrons. The average Bonchev–Trinajstić information content (AvgIpc) is 3.04. The van der Waals surface area contributed by atoms with Gasteiger partial charge < -0.3 is 15.4 Å². The predicted octanol–water partition coefficient (Wildman–Crippen LogP) is 4.40. The summed E-state index contributed by atoms with van der Waals surface area (Å²) in [5, 5.41) is 11.6. The monoisotopic (exact) mass is 372 g/mol. The minimum Gasteiger partial charge on any atom is -0.497 e. The number of para-hydroxylation sites is 1. The van der Waals surface area contributed by atoms with Gasteiger partial charge in [-0.3, -0.25) is 4.68 Å². The zero-order chi connectivity index (χ0) is 17.6. The largest absolute Gasteiger partial charge is 0.497 e. The highest BCUT2D eigenvalue weighted by molar-refractivity contribution is 7.80. The Morgan fingerprint density at radius 1 is 1.20 bits per heavy atom. The molecule has 1 aromatic heterocycles. The molecule has 0 atom stereocenters. The third-order valence-electron chi connectivity index (χ3n) is 3.49. The highest BCUT2D eigenvalue weighted by Gasteiger charge is 2.05. The fraction of sp³-hybridized carbons (Fsp3) is 0.111. The summed E-state index contributed by atoms with van der Waals surface area (Å²) in [7, 11) is 1.65. The molecule has 0 aliphatic heterocycles. The molecule has 3 aromatic rings. The van der Waals surface area contributed by atoms with E-state index in [1.54, 1.807) is 19.4 Å². The van der Waals surface area contributed by atoms with Crippen molar-refractivity contribution in [2.45, 2.75) is 6.54 Å². The van der Waals surface area contributed by atoms with Gasteiger partial charge in [0.2, 0.25) is 0 Å². The predicted molar refractivity (Wildman–Crippen MR) is 106 cm³/mol. The number of anilines is 2. The van der Waals surface area contributed by atoms with Crippen LogP contribution in [0.3, 0.4) is 0 Å². The van der Waals surface area contributed by atoms with Gasteiger partial charge in [-0.25, -0.2) is 0 Å². The maximum Gasteiger partial charge on any atom is 0.175 e. The molecule has 7 heteroatoms. The number of nitrogens with zero attached hydrogens (tertiary/aromatic N) is 2. The third-order valence-corrected chi connectivity index (χ3v) is 4.03. The number of halogens is 1. The molecule has 0 unspecified atom stereocenters. The van der Waals surface area contributed by atoms with E-state index in [2.05, 4.69) is 15.7 Å². The van der Waals surface area contributed by atoms with Crippen molar-refractivity contribution in [2.24, 2.45) is 0 Å². The Labute approximate surface area is 156 Å². The van der Waals surface area contributed by atoms with Crippen LogP contribution in [0.2, 0.25) is 5.02 Å². The molecule has 0 saturated carbocycles. The standard InChI is InChI=1S/C18H17ClN4OS/c1-24-15-6-4-5-13(9-15)11-23-12-14(10-20-23)21-18(25)22-17-8-3-2-7-16(17)19/h2-10,12H,11H2,1H3,(H2,21,22,25). The summed E-state index contributed by atoms with van der Waals surface area (Å²) in [6, 6.07) is 15.3. The lowest BCUT2D eigenvalue weighted by Crippen LogP contribution is -2.18. The molecule has 0 bridgehead atoms. The van der Waals surface area contributed by atoms with Crippen LogP contribution in [0.4, 0.5) is 11.4 Å². The highest BCUT2D eigenvalue weighted by Crippen LogP contribution is 2.21. The Bertz CT molecular complexity index is 881. The van der Waals surface area contributed by atoms with E-state index < -0.39 is 0 Å². The van der Waals surface area contributed by atoms with Crippen LogP contribution in [0.15, 0.2) is 60.9 Å². The van der Waals surface area contributed by atoms with Crippen molar-refractivity contribution in [3.05, 3.63) is 71.5 Å². The van der Waals surface area contributed by atoms with Crippen molar-refractivity contribution < 1.29 is 4.74 Å². The summed E-state index contributed by atoms with van der Waals surface area (Å²) in [5.41, 5.74) is 2.66. The Morgan fingerprint density at radius 3 is 2.84 bits per heavy atom. The first-order valence-corrected chi connectivity index (χ1v) is 8.40. The number of ether oxygens (including phenoxy) is 1. The van der Waals surface area contributed by atoms with Gasteiger partial charge in [0.15, 0.2) is 5.11 Å². The van der Waals surface area contributed by atoms with Gasteiger partial charge in [0.25, 0.3) is 0 Å². The second-order valence-electron chi connectivity index (χ2n) is 5.34. The maximum absolute atomic E-state index is 6.11. The first kappa shape index (κ1) is 17.3. The van der Waals surface area contributed by atoms with Gasteiger partial charge in [-0.2, -0.15) is 5.10 Å². The molecule has 1 heterocycles. The van der Waals surface area contributed by atoms with Crippen molar-refractivity contribution in [3.8, 4) is 5.75 Å². The number of hydrogen-bond acceptors (Lipinski definition) is 3. The lowest BCUT2D eigenvalue weighted by Gasteiger charge is -2.10. The average molecular weight is 373 g/mol. The van der Waals surface area contributed by atoms with Crippen LogP contribution in [0.1, 0.15) is 5.56 Å². The molecule has 0 radical (unpaired) electrons.